The van der Waals surface area contributed by atoms with E-state index in [0.29, 0.717) is 22.9 Å². The highest BCUT2D eigenvalue weighted by atomic mass is 16.3. The first-order valence-electron chi connectivity index (χ1n) is 21.3. The lowest BCUT2D eigenvalue weighted by Crippen LogP contribution is -2.48. The molecule has 4 nitrogen and oxygen atoms in total. The van der Waals surface area contributed by atoms with Gasteiger partial charge >= 0.3 is 0 Å². The number of hydrogen-bond donors (Lipinski definition) is 0. The quantitative estimate of drug-likeness (QED) is 0.162. The first-order chi connectivity index (χ1) is 29.1. The van der Waals surface area contributed by atoms with E-state index < -0.39 is 0 Å². The van der Waals surface area contributed by atoms with Crippen molar-refractivity contribution in [3.05, 3.63) is 175 Å². The first kappa shape index (κ1) is 34.4. The van der Waals surface area contributed by atoms with E-state index in [-0.39, 0.29) is 0 Å². The van der Waals surface area contributed by atoms with Crippen LogP contribution in [0.25, 0.3) is 89.5 Å². The number of hydrogen-bond acceptors (Lipinski definition) is 4. The van der Waals surface area contributed by atoms with E-state index in [4.69, 9.17) is 19.4 Å². The van der Waals surface area contributed by atoms with E-state index in [2.05, 4.69) is 158 Å². The Bertz CT molecular complexity index is 2990. The molecule has 4 aliphatic rings. The molecule has 0 unspecified atom stereocenters. The summed E-state index contributed by atoms with van der Waals surface area (Å²) < 4.78 is 6.83. The molecule has 59 heavy (non-hydrogen) atoms. The van der Waals surface area contributed by atoms with E-state index in [1.165, 1.54) is 44.1 Å². The van der Waals surface area contributed by atoms with Crippen LogP contribution in [0.1, 0.15) is 44.1 Å². The van der Waals surface area contributed by atoms with Crippen molar-refractivity contribution in [2.45, 2.75) is 43.9 Å². The number of fused-ring (bicyclic) bond motifs is 3. The summed E-state index contributed by atoms with van der Waals surface area (Å²) in [6, 6.07) is 60.1. The fourth-order valence-electron chi connectivity index (χ4n) is 11.5. The van der Waals surface area contributed by atoms with E-state index in [1.807, 2.05) is 12.1 Å². The van der Waals surface area contributed by atoms with Gasteiger partial charge in [-0.15, -0.1) is 0 Å². The number of aromatic nitrogens is 3. The van der Waals surface area contributed by atoms with Gasteiger partial charge in [-0.25, -0.2) is 15.0 Å². The molecule has 4 saturated carbocycles. The molecule has 0 spiro atoms. The monoisotopic (exact) mass is 761 g/mol. The summed E-state index contributed by atoms with van der Waals surface area (Å²) in [6.45, 7) is 0. The zero-order chi connectivity index (χ0) is 38.9. The van der Waals surface area contributed by atoms with Gasteiger partial charge in [0.05, 0.1) is 0 Å². The Balaban J connectivity index is 1.00. The maximum Gasteiger partial charge on any atom is 0.164 e. The Morgan fingerprint density at radius 1 is 0.407 bits per heavy atom. The fraction of sp³-hybridized carbons (Fsp3) is 0.182. The predicted octanol–water partition coefficient (Wildman–Crippen LogP) is 14.2. The summed E-state index contributed by atoms with van der Waals surface area (Å²) in [5.74, 6) is 4.63. The molecule has 0 atom stereocenters. The van der Waals surface area contributed by atoms with Gasteiger partial charge in [-0.1, -0.05) is 158 Å². The highest BCUT2D eigenvalue weighted by molar-refractivity contribution is 6.15. The van der Waals surface area contributed by atoms with Gasteiger partial charge in [0.1, 0.15) is 11.2 Å². The lowest BCUT2D eigenvalue weighted by molar-refractivity contribution is -0.00518. The Hall–Kier alpha value is -6.65. The molecular formula is C55H43N3O. The smallest absolute Gasteiger partial charge is 0.164 e. The van der Waals surface area contributed by atoms with Crippen LogP contribution in [0, 0.1) is 17.8 Å². The molecule has 284 valence electrons. The normalized spacial score (nSPS) is 20.7. The minimum atomic E-state index is 0.375. The lowest BCUT2D eigenvalue weighted by atomic mass is 9.48. The van der Waals surface area contributed by atoms with Crippen LogP contribution in [-0.4, -0.2) is 15.0 Å². The maximum absolute atomic E-state index is 6.83. The van der Waals surface area contributed by atoms with Crippen LogP contribution >= 0.6 is 0 Å². The standard InChI is InChI=1S/C55H43N3O/c1-3-12-38(13-4-1)41-16-9-17-42(31-41)52-56-53(46-19-8-7-18-44(46)39-14-5-2-6-15-39)58-54(57-52)48-22-11-23-49-50(48)47-21-10-20-45(51(47)59-49)40-24-26-43(27-25-40)55-32-35-28-36(33-55)30-37(29-35)34-55/h1-27,31,35-37H,28-30,32-34H2. The van der Waals surface area contributed by atoms with Gasteiger partial charge in [-0.05, 0) is 107 Å². The Morgan fingerprint density at radius 3 is 1.66 bits per heavy atom. The van der Waals surface area contributed by atoms with Crippen molar-refractivity contribution >= 4 is 21.9 Å². The molecule has 0 aliphatic heterocycles. The molecule has 0 amide bonds. The molecule has 9 aromatic rings. The molecule has 0 radical (unpaired) electrons. The van der Waals surface area contributed by atoms with Gasteiger partial charge in [-0.2, -0.15) is 0 Å². The second-order valence-corrected chi connectivity index (χ2v) is 17.4. The van der Waals surface area contributed by atoms with Gasteiger partial charge < -0.3 is 4.42 Å². The molecule has 2 aromatic heterocycles. The van der Waals surface area contributed by atoms with E-state index in [0.717, 1.165) is 84.2 Å². The summed E-state index contributed by atoms with van der Waals surface area (Å²) in [7, 11) is 0. The highest BCUT2D eigenvalue weighted by Gasteiger charge is 2.51. The van der Waals surface area contributed by atoms with Crippen LogP contribution in [0.2, 0.25) is 0 Å². The topological polar surface area (TPSA) is 51.8 Å². The highest BCUT2D eigenvalue weighted by Crippen LogP contribution is 2.61. The molecule has 4 heteroatoms. The van der Waals surface area contributed by atoms with Gasteiger partial charge in [0, 0.05) is 33.0 Å². The third-order valence-corrected chi connectivity index (χ3v) is 13.7. The van der Waals surface area contributed by atoms with Crippen LogP contribution in [-0.2, 0) is 5.41 Å². The largest absolute Gasteiger partial charge is 0.455 e. The second-order valence-electron chi connectivity index (χ2n) is 17.4. The Labute approximate surface area is 344 Å². The summed E-state index contributed by atoms with van der Waals surface area (Å²) in [4.78, 5) is 15.8. The van der Waals surface area contributed by atoms with Gasteiger partial charge in [-0.3, -0.25) is 0 Å². The summed E-state index contributed by atoms with van der Waals surface area (Å²) >= 11 is 0. The van der Waals surface area contributed by atoms with Crippen molar-refractivity contribution in [1.82, 2.24) is 15.0 Å². The molecule has 4 fully saturated rings. The summed E-state index contributed by atoms with van der Waals surface area (Å²) in [6.07, 6.45) is 8.50. The van der Waals surface area contributed by atoms with Crippen LogP contribution in [0.15, 0.2) is 174 Å². The van der Waals surface area contributed by atoms with Crippen LogP contribution in [0.3, 0.4) is 0 Å². The summed E-state index contributed by atoms with van der Waals surface area (Å²) in [5.41, 5.74) is 13.1. The molecule has 13 rings (SSSR count). The number of para-hydroxylation sites is 1. The molecular weight excluding hydrogens is 719 g/mol. The van der Waals surface area contributed by atoms with Crippen molar-refractivity contribution in [2.75, 3.05) is 0 Å². The van der Waals surface area contributed by atoms with Crippen LogP contribution < -0.4 is 0 Å². The lowest BCUT2D eigenvalue weighted by Gasteiger charge is -2.57. The third-order valence-electron chi connectivity index (χ3n) is 13.7. The molecule has 0 saturated heterocycles. The van der Waals surface area contributed by atoms with E-state index in [1.54, 1.807) is 5.56 Å². The van der Waals surface area contributed by atoms with Gasteiger partial charge in [0.15, 0.2) is 17.5 Å². The molecule has 0 N–H and O–H groups in total. The van der Waals surface area contributed by atoms with E-state index >= 15 is 0 Å². The maximum atomic E-state index is 6.83. The molecule has 2 heterocycles. The van der Waals surface area contributed by atoms with Crippen molar-refractivity contribution in [2.24, 2.45) is 17.8 Å². The second kappa shape index (κ2) is 13.7. The fourth-order valence-corrected chi connectivity index (χ4v) is 11.5. The number of nitrogens with zero attached hydrogens (tertiary/aromatic N) is 3. The number of furan rings is 1. The predicted molar refractivity (Wildman–Crippen MR) is 240 cm³/mol. The Morgan fingerprint density at radius 2 is 0.932 bits per heavy atom. The molecule has 4 bridgehead atoms. The average Bonchev–Trinajstić information content (AvgIpc) is 3.69. The minimum Gasteiger partial charge on any atom is -0.455 e. The number of rotatable bonds is 7. The van der Waals surface area contributed by atoms with Crippen molar-refractivity contribution in [3.8, 4) is 67.5 Å². The first-order valence-corrected chi connectivity index (χ1v) is 21.3. The zero-order valence-electron chi connectivity index (χ0n) is 32.9. The van der Waals surface area contributed by atoms with Crippen LogP contribution in [0.4, 0.5) is 0 Å². The van der Waals surface area contributed by atoms with Crippen LogP contribution in [0.5, 0.6) is 0 Å². The van der Waals surface area contributed by atoms with Crippen molar-refractivity contribution < 1.29 is 4.42 Å². The number of benzene rings is 7. The SMILES string of the molecule is c1ccc(-c2cccc(-c3nc(-c4ccccc4-c4ccccc4)nc(-c4cccc5oc6c(-c7ccc(C89CC%10CC(CC(C%10)C8)C9)cc7)cccc6c45)n3)c2)cc1. The van der Waals surface area contributed by atoms with Gasteiger partial charge in [0.25, 0.3) is 0 Å². The molecule has 7 aromatic carbocycles. The Kier molecular flexibility index (Phi) is 8.01. The van der Waals surface area contributed by atoms with Gasteiger partial charge in [0.2, 0.25) is 0 Å². The average molecular weight is 762 g/mol. The van der Waals surface area contributed by atoms with E-state index in [9.17, 15) is 0 Å². The minimum absolute atomic E-state index is 0.375. The van der Waals surface area contributed by atoms with Crippen molar-refractivity contribution in [3.63, 3.8) is 0 Å². The summed E-state index contributed by atoms with van der Waals surface area (Å²) in [5, 5.41) is 2.06. The van der Waals surface area contributed by atoms with Crippen molar-refractivity contribution in [1.29, 1.82) is 0 Å². The third kappa shape index (κ3) is 5.92. The zero-order valence-corrected chi connectivity index (χ0v) is 32.9. The molecule has 4 aliphatic carbocycles.